The van der Waals surface area contributed by atoms with Crippen molar-refractivity contribution in [2.45, 2.75) is 12.8 Å². The summed E-state index contributed by atoms with van der Waals surface area (Å²) in [7, 11) is 1.72. The van der Waals surface area contributed by atoms with Crippen molar-refractivity contribution in [3.05, 3.63) is 60.2 Å². The van der Waals surface area contributed by atoms with Gasteiger partial charge in [0, 0.05) is 24.6 Å². The molecule has 1 aliphatic rings. The predicted octanol–water partition coefficient (Wildman–Crippen LogP) is 3.65. The van der Waals surface area contributed by atoms with Crippen LogP contribution in [-0.2, 0) is 4.74 Å². The minimum atomic E-state index is -0.0856. The largest absolute Gasteiger partial charge is 0.457 e. The molecule has 1 fully saturated rings. The molecule has 0 aromatic heterocycles. The van der Waals surface area contributed by atoms with Crippen LogP contribution in [-0.4, -0.2) is 39.3 Å². The summed E-state index contributed by atoms with van der Waals surface area (Å²) in [6.07, 6.45) is 2.00. The van der Waals surface area contributed by atoms with E-state index in [1.54, 1.807) is 19.2 Å². The van der Waals surface area contributed by atoms with E-state index in [0.29, 0.717) is 24.5 Å². The van der Waals surface area contributed by atoms with Gasteiger partial charge in [-0.15, -0.1) is 12.4 Å². The number of benzene rings is 2. The fourth-order valence-electron chi connectivity index (χ4n) is 3.33. The molecule has 1 saturated heterocycles. The first kappa shape index (κ1) is 21.2. The molecule has 3 rings (SSSR count). The highest BCUT2D eigenvalue weighted by atomic mass is 35.5. The van der Waals surface area contributed by atoms with E-state index in [4.69, 9.17) is 9.47 Å². The third-order valence-corrected chi connectivity index (χ3v) is 4.81. The number of ether oxygens (including phenoxy) is 2. The normalized spacial score (nSPS) is 15.4. The van der Waals surface area contributed by atoms with Crippen LogP contribution in [0, 0.1) is 5.41 Å². The molecule has 0 spiro atoms. The lowest BCUT2D eigenvalue weighted by Crippen LogP contribution is -2.47. The first-order valence-electron chi connectivity index (χ1n) is 9.02. The summed E-state index contributed by atoms with van der Waals surface area (Å²) < 4.78 is 11.2. The maximum absolute atomic E-state index is 12.6. The standard InChI is InChI=1S/C21H26N2O3.ClH/c1-25-16-21(10-12-22-13-11-21)15-23-20(24)17-6-5-9-19(14-17)26-18-7-3-2-4-8-18;/h2-9,14,22H,10-13,15-16H2,1H3,(H,23,24);1H. The molecule has 5 nitrogen and oxygen atoms in total. The summed E-state index contributed by atoms with van der Waals surface area (Å²) in [5.74, 6) is 1.31. The molecule has 0 saturated carbocycles. The molecule has 6 heteroatoms. The van der Waals surface area contributed by atoms with Crippen molar-refractivity contribution in [1.29, 1.82) is 0 Å². The van der Waals surface area contributed by atoms with Crippen molar-refractivity contribution in [2.24, 2.45) is 5.41 Å². The van der Waals surface area contributed by atoms with E-state index in [0.717, 1.165) is 31.7 Å². The van der Waals surface area contributed by atoms with Crippen molar-refractivity contribution >= 4 is 18.3 Å². The molecular formula is C21H27ClN2O3. The Bertz CT molecular complexity index is 713. The van der Waals surface area contributed by atoms with E-state index in [1.807, 2.05) is 42.5 Å². The maximum Gasteiger partial charge on any atom is 0.251 e. The van der Waals surface area contributed by atoms with E-state index >= 15 is 0 Å². The third-order valence-electron chi connectivity index (χ3n) is 4.81. The van der Waals surface area contributed by atoms with Crippen LogP contribution in [0.4, 0.5) is 0 Å². The zero-order valence-corrected chi connectivity index (χ0v) is 16.4. The van der Waals surface area contributed by atoms with E-state index in [-0.39, 0.29) is 23.7 Å². The summed E-state index contributed by atoms with van der Waals surface area (Å²) in [4.78, 5) is 12.6. The molecule has 1 amide bonds. The van der Waals surface area contributed by atoms with Crippen molar-refractivity contribution in [1.82, 2.24) is 10.6 Å². The van der Waals surface area contributed by atoms with Crippen LogP contribution < -0.4 is 15.4 Å². The Kier molecular flexibility index (Phi) is 8.10. The first-order valence-corrected chi connectivity index (χ1v) is 9.02. The second kappa shape index (κ2) is 10.3. The SMILES string of the molecule is COCC1(CNC(=O)c2cccc(Oc3ccccc3)c2)CCNCC1.Cl. The molecule has 0 aliphatic carbocycles. The average molecular weight is 391 g/mol. The molecule has 0 unspecified atom stereocenters. The van der Waals surface area contributed by atoms with Gasteiger partial charge in [-0.3, -0.25) is 4.79 Å². The highest BCUT2D eigenvalue weighted by Crippen LogP contribution is 2.28. The number of halogens is 1. The van der Waals surface area contributed by atoms with Gasteiger partial charge in [0.05, 0.1) is 6.61 Å². The Hall–Kier alpha value is -2.08. The molecule has 1 aliphatic heterocycles. The Labute approximate surface area is 166 Å². The zero-order valence-electron chi connectivity index (χ0n) is 15.6. The molecule has 1 heterocycles. The summed E-state index contributed by atoms with van der Waals surface area (Å²) in [5, 5.41) is 6.45. The van der Waals surface area contributed by atoms with Crippen LogP contribution in [0.3, 0.4) is 0 Å². The molecule has 2 aromatic rings. The number of carbonyl (C=O) groups is 1. The van der Waals surface area contributed by atoms with Gasteiger partial charge in [0.1, 0.15) is 11.5 Å². The van der Waals surface area contributed by atoms with Crippen molar-refractivity contribution in [3.63, 3.8) is 0 Å². The van der Waals surface area contributed by atoms with Gasteiger partial charge in [-0.1, -0.05) is 24.3 Å². The Morgan fingerprint density at radius 3 is 2.48 bits per heavy atom. The van der Waals surface area contributed by atoms with Crippen LogP contribution in [0.1, 0.15) is 23.2 Å². The van der Waals surface area contributed by atoms with E-state index in [2.05, 4.69) is 10.6 Å². The molecule has 0 radical (unpaired) electrons. The van der Waals surface area contributed by atoms with Crippen LogP contribution in [0.5, 0.6) is 11.5 Å². The number of amides is 1. The summed E-state index contributed by atoms with van der Waals surface area (Å²) in [5.41, 5.74) is 0.605. The zero-order chi connectivity index (χ0) is 18.2. The average Bonchev–Trinajstić information content (AvgIpc) is 2.68. The number of hydrogen-bond acceptors (Lipinski definition) is 4. The quantitative estimate of drug-likeness (QED) is 0.757. The fraction of sp³-hybridized carbons (Fsp3) is 0.381. The van der Waals surface area contributed by atoms with Gasteiger partial charge in [-0.25, -0.2) is 0 Å². The first-order chi connectivity index (χ1) is 12.7. The monoisotopic (exact) mass is 390 g/mol. The topological polar surface area (TPSA) is 59.6 Å². The minimum absolute atomic E-state index is 0. The van der Waals surface area contributed by atoms with Gasteiger partial charge in [0.15, 0.2) is 0 Å². The lowest BCUT2D eigenvalue weighted by molar-refractivity contribution is 0.0511. The second-order valence-electron chi connectivity index (χ2n) is 6.81. The molecule has 0 atom stereocenters. The van der Waals surface area contributed by atoms with Crippen LogP contribution in [0.2, 0.25) is 0 Å². The van der Waals surface area contributed by atoms with Crippen LogP contribution in [0.25, 0.3) is 0 Å². The summed E-state index contributed by atoms with van der Waals surface area (Å²) in [6.45, 7) is 3.19. The lowest BCUT2D eigenvalue weighted by atomic mass is 9.79. The van der Waals surface area contributed by atoms with E-state index in [1.165, 1.54) is 0 Å². The summed E-state index contributed by atoms with van der Waals surface area (Å²) >= 11 is 0. The molecule has 27 heavy (non-hydrogen) atoms. The maximum atomic E-state index is 12.6. The van der Waals surface area contributed by atoms with Gasteiger partial charge >= 0.3 is 0 Å². The Morgan fingerprint density at radius 1 is 1.07 bits per heavy atom. The Morgan fingerprint density at radius 2 is 1.78 bits per heavy atom. The van der Waals surface area contributed by atoms with Gasteiger partial charge in [-0.2, -0.15) is 0 Å². The lowest BCUT2D eigenvalue weighted by Gasteiger charge is -2.37. The van der Waals surface area contributed by atoms with Gasteiger partial charge in [-0.05, 0) is 56.3 Å². The summed E-state index contributed by atoms with van der Waals surface area (Å²) in [6, 6.07) is 16.8. The van der Waals surface area contributed by atoms with E-state index < -0.39 is 0 Å². The van der Waals surface area contributed by atoms with Gasteiger partial charge in [0.25, 0.3) is 5.91 Å². The molecular weight excluding hydrogens is 364 g/mol. The number of methoxy groups -OCH3 is 1. The van der Waals surface area contributed by atoms with Crippen molar-refractivity contribution < 1.29 is 14.3 Å². The predicted molar refractivity (Wildman–Crippen MR) is 109 cm³/mol. The van der Waals surface area contributed by atoms with Crippen LogP contribution >= 0.6 is 12.4 Å². The van der Waals surface area contributed by atoms with Crippen LogP contribution in [0.15, 0.2) is 54.6 Å². The van der Waals surface area contributed by atoms with Gasteiger partial charge < -0.3 is 20.1 Å². The number of carbonyl (C=O) groups excluding carboxylic acids is 1. The number of piperidine rings is 1. The van der Waals surface area contributed by atoms with E-state index in [9.17, 15) is 4.79 Å². The minimum Gasteiger partial charge on any atom is -0.457 e. The highest BCUT2D eigenvalue weighted by Gasteiger charge is 2.32. The van der Waals surface area contributed by atoms with Crippen molar-refractivity contribution in [3.8, 4) is 11.5 Å². The number of nitrogens with one attached hydrogen (secondary N) is 2. The molecule has 2 N–H and O–H groups in total. The smallest absolute Gasteiger partial charge is 0.251 e. The molecule has 146 valence electrons. The number of rotatable bonds is 7. The van der Waals surface area contributed by atoms with Gasteiger partial charge in [0.2, 0.25) is 0 Å². The number of hydrogen-bond donors (Lipinski definition) is 2. The number of para-hydroxylation sites is 1. The molecule has 2 aromatic carbocycles. The fourth-order valence-corrected chi connectivity index (χ4v) is 3.33. The highest BCUT2D eigenvalue weighted by molar-refractivity contribution is 5.94. The second-order valence-corrected chi connectivity index (χ2v) is 6.81. The molecule has 0 bridgehead atoms. The Balaban J connectivity index is 0.00000261. The third kappa shape index (κ3) is 5.96. The van der Waals surface area contributed by atoms with Crippen molar-refractivity contribution in [2.75, 3.05) is 33.4 Å².